The average Bonchev–Trinajstić information content (AvgIpc) is 3.26. The topological polar surface area (TPSA) is 49.3 Å². The maximum absolute atomic E-state index is 13.7. The van der Waals surface area contributed by atoms with Crippen LogP contribution in [-0.4, -0.2) is 17.1 Å². The van der Waals surface area contributed by atoms with E-state index < -0.39 is 23.6 Å². The van der Waals surface area contributed by atoms with Crippen molar-refractivity contribution in [2.24, 2.45) is 0 Å². The molecule has 0 aromatic heterocycles. The number of halogens is 2. The normalized spacial score (nSPS) is 21.2. The lowest BCUT2D eigenvalue weighted by molar-refractivity contribution is -0.129. The molecule has 0 heterocycles. The largest absolute Gasteiger partial charge is 0.378 e. The minimum absolute atomic E-state index is 0.00185. The molecule has 1 amide bonds. The Labute approximate surface area is 126 Å². The van der Waals surface area contributed by atoms with Crippen molar-refractivity contribution in [1.82, 2.24) is 5.32 Å². The number of hydrogen-bond acceptors (Lipinski definition) is 2. The van der Waals surface area contributed by atoms with Crippen LogP contribution in [-0.2, 0) is 4.79 Å². The summed E-state index contributed by atoms with van der Waals surface area (Å²) in [5.74, 6) is -2.15. The Morgan fingerprint density at radius 1 is 1.09 bits per heavy atom. The third kappa shape index (κ3) is 2.85. The van der Waals surface area contributed by atoms with E-state index in [1.54, 1.807) is 30.3 Å². The Hall–Kier alpha value is -2.27. The lowest BCUT2D eigenvalue weighted by Crippen LogP contribution is -2.31. The van der Waals surface area contributed by atoms with Crippen LogP contribution >= 0.6 is 0 Å². The molecule has 3 atom stereocenters. The van der Waals surface area contributed by atoms with E-state index in [1.807, 2.05) is 0 Å². The van der Waals surface area contributed by atoms with Crippen LogP contribution < -0.4 is 5.32 Å². The first-order chi connectivity index (χ1) is 10.6. The van der Waals surface area contributed by atoms with Crippen molar-refractivity contribution in [2.75, 3.05) is 0 Å². The zero-order chi connectivity index (χ0) is 15.7. The Kier molecular flexibility index (Phi) is 3.90. The van der Waals surface area contributed by atoms with Crippen molar-refractivity contribution in [3.63, 3.8) is 0 Å². The molecule has 3 unspecified atom stereocenters. The van der Waals surface area contributed by atoms with E-state index in [9.17, 15) is 18.7 Å². The van der Waals surface area contributed by atoms with E-state index in [1.165, 1.54) is 18.2 Å². The molecule has 0 bridgehead atoms. The fraction of sp³-hybridized carbons (Fsp3) is 0.235. The third-order valence-electron chi connectivity index (χ3n) is 3.85. The molecule has 5 heteroatoms. The number of nitrogens with one attached hydrogen (secondary N) is 1. The molecule has 0 radical (unpaired) electrons. The van der Waals surface area contributed by atoms with Gasteiger partial charge in [-0.2, -0.15) is 0 Å². The molecule has 0 saturated heterocycles. The van der Waals surface area contributed by atoms with Crippen molar-refractivity contribution >= 4 is 5.91 Å². The Bertz CT molecular complexity index is 670. The number of aliphatic hydroxyl groups excluding tert-OH is 1. The van der Waals surface area contributed by atoms with Gasteiger partial charge in [-0.3, -0.25) is 4.79 Å². The van der Waals surface area contributed by atoms with Crippen LogP contribution in [0.5, 0.6) is 0 Å². The highest BCUT2D eigenvalue weighted by atomic mass is 19.1. The highest BCUT2D eigenvalue weighted by Gasteiger charge is 2.43. The molecule has 3 rings (SSSR count). The predicted molar refractivity (Wildman–Crippen MR) is 77.0 cm³/mol. The Morgan fingerprint density at radius 2 is 1.73 bits per heavy atom. The second kappa shape index (κ2) is 5.85. The summed E-state index contributed by atoms with van der Waals surface area (Å²) in [6.45, 7) is 0. The van der Waals surface area contributed by atoms with Crippen molar-refractivity contribution < 1.29 is 18.7 Å². The van der Waals surface area contributed by atoms with Crippen LogP contribution in [0, 0.1) is 11.6 Å². The molecule has 0 aliphatic heterocycles. The summed E-state index contributed by atoms with van der Waals surface area (Å²) in [6, 6.07) is 11.9. The van der Waals surface area contributed by atoms with Crippen LogP contribution in [0.1, 0.15) is 29.6 Å². The molecule has 2 aromatic rings. The molecule has 114 valence electrons. The molecule has 1 saturated carbocycles. The molecule has 1 fully saturated rings. The molecule has 3 nitrogen and oxygen atoms in total. The van der Waals surface area contributed by atoms with E-state index in [0.717, 1.165) is 0 Å². The quantitative estimate of drug-likeness (QED) is 0.912. The summed E-state index contributed by atoms with van der Waals surface area (Å²) in [5.41, 5.74) is 0.483. The summed E-state index contributed by atoms with van der Waals surface area (Å²) < 4.78 is 27.3. The van der Waals surface area contributed by atoms with E-state index in [-0.39, 0.29) is 17.5 Å². The summed E-state index contributed by atoms with van der Waals surface area (Å²) in [4.78, 5) is 12.0. The van der Waals surface area contributed by atoms with Gasteiger partial charge in [-0.15, -0.1) is 0 Å². The predicted octanol–water partition coefficient (Wildman–Crippen LogP) is 2.67. The maximum atomic E-state index is 13.7. The minimum Gasteiger partial charge on any atom is -0.378 e. The Morgan fingerprint density at radius 3 is 2.36 bits per heavy atom. The Balaban J connectivity index is 1.65. The molecule has 2 N–H and O–H groups in total. The average molecular weight is 303 g/mol. The lowest BCUT2D eigenvalue weighted by Gasteiger charge is -2.12. The summed E-state index contributed by atoms with van der Waals surface area (Å²) in [6.07, 6.45) is -0.821. The number of aliphatic hydroxyl groups is 1. The van der Waals surface area contributed by atoms with E-state index in [4.69, 9.17) is 0 Å². The van der Waals surface area contributed by atoms with Crippen LogP contribution in [0.25, 0.3) is 0 Å². The summed E-state index contributed by atoms with van der Waals surface area (Å²) in [7, 11) is 0. The number of carbonyl (C=O) groups is 1. The summed E-state index contributed by atoms with van der Waals surface area (Å²) in [5, 5.41) is 12.6. The molecule has 0 spiro atoms. The first-order valence-corrected chi connectivity index (χ1v) is 7.05. The second-order valence-corrected chi connectivity index (χ2v) is 5.41. The van der Waals surface area contributed by atoms with Crippen molar-refractivity contribution in [2.45, 2.75) is 24.5 Å². The molecule has 22 heavy (non-hydrogen) atoms. The number of carbonyl (C=O) groups excluding carboxylic acids is 1. The molecule has 1 aliphatic rings. The van der Waals surface area contributed by atoms with Crippen LogP contribution in [0.2, 0.25) is 0 Å². The van der Waals surface area contributed by atoms with Gasteiger partial charge >= 0.3 is 0 Å². The molecular formula is C17H15F2NO2. The van der Waals surface area contributed by atoms with Crippen LogP contribution in [0.4, 0.5) is 8.78 Å². The highest BCUT2D eigenvalue weighted by molar-refractivity contribution is 5.82. The smallest absolute Gasteiger partial charge is 0.253 e. The SMILES string of the molecule is O=C(NC1CC1c1c(F)cccc1F)C(O)c1ccccc1. The van der Waals surface area contributed by atoms with Crippen LogP contribution in [0.15, 0.2) is 48.5 Å². The van der Waals surface area contributed by atoms with Gasteiger partial charge < -0.3 is 10.4 Å². The highest BCUT2D eigenvalue weighted by Crippen LogP contribution is 2.43. The van der Waals surface area contributed by atoms with Gasteiger partial charge in [0.1, 0.15) is 11.6 Å². The first kappa shape index (κ1) is 14.7. The minimum atomic E-state index is -1.28. The first-order valence-electron chi connectivity index (χ1n) is 7.05. The van der Waals surface area contributed by atoms with Gasteiger partial charge in [0.25, 0.3) is 5.91 Å². The fourth-order valence-electron chi connectivity index (χ4n) is 2.59. The van der Waals surface area contributed by atoms with Gasteiger partial charge in [-0.05, 0) is 24.1 Å². The zero-order valence-electron chi connectivity index (χ0n) is 11.7. The fourth-order valence-corrected chi connectivity index (χ4v) is 2.59. The number of benzene rings is 2. The summed E-state index contributed by atoms with van der Waals surface area (Å²) >= 11 is 0. The van der Waals surface area contributed by atoms with Crippen molar-refractivity contribution in [1.29, 1.82) is 0 Å². The standard InChI is InChI=1S/C17H15F2NO2/c18-12-7-4-8-13(19)15(12)11-9-14(11)20-17(22)16(21)10-5-2-1-3-6-10/h1-8,11,14,16,21H,9H2,(H,20,22). The van der Waals surface area contributed by atoms with E-state index >= 15 is 0 Å². The monoisotopic (exact) mass is 303 g/mol. The molecule has 1 aliphatic carbocycles. The van der Waals surface area contributed by atoms with Crippen molar-refractivity contribution in [3.8, 4) is 0 Å². The third-order valence-corrected chi connectivity index (χ3v) is 3.85. The second-order valence-electron chi connectivity index (χ2n) is 5.41. The zero-order valence-corrected chi connectivity index (χ0v) is 11.7. The number of hydrogen-bond donors (Lipinski definition) is 2. The van der Waals surface area contributed by atoms with Gasteiger partial charge in [0.2, 0.25) is 0 Å². The van der Waals surface area contributed by atoms with Crippen LogP contribution in [0.3, 0.4) is 0 Å². The van der Waals surface area contributed by atoms with Gasteiger partial charge in [0.05, 0.1) is 0 Å². The number of amides is 1. The molecular weight excluding hydrogens is 288 g/mol. The van der Waals surface area contributed by atoms with Gasteiger partial charge in [0.15, 0.2) is 6.10 Å². The number of rotatable bonds is 4. The van der Waals surface area contributed by atoms with Gasteiger partial charge in [-0.1, -0.05) is 36.4 Å². The van der Waals surface area contributed by atoms with Gasteiger partial charge in [-0.25, -0.2) is 8.78 Å². The van der Waals surface area contributed by atoms with E-state index in [2.05, 4.69) is 5.32 Å². The lowest BCUT2D eigenvalue weighted by atomic mass is 10.1. The van der Waals surface area contributed by atoms with Crippen molar-refractivity contribution in [3.05, 3.63) is 71.3 Å². The molecule has 2 aromatic carbocycles. The maximum Gasteiger partial charge on any atom is 0.253 e. The van der Waals surface area contributed by atoms with E-state index in [0.29, 0.717) is 12.0 Å². The van der Waals surface area contributed by atoms with Gasteiger partial charge in [0, 0.05) is 17.5 Å².